The molecule has 1 aliphatic rings. The molecule has 0 saturated carbocycles. The van der Waals surface area contributed by atoms with Crippen molar-refractivity contribution in [3.8, 4) is 5.75 Å². The van der Waals surface area contributed by atoms with Crippen LogP contribution in [-0.2, 0) is 4.79 Å². The standard InChI is InChI=1S/C19H30N2O2/c1-4-13-21(17-9-11-20-12-10-17)19(22)14-15(2)16-5-7-18(23-3)8-6-16/h5-8,15,17,20H,4,9-14H2,1-3H3. The van der Waals surface area contributed by atoms with E-state index < -0.39 is 0 Å². The molecule has 0 aliphatic carbocycles. The SMILES string of the molecule is CCCN(C(=O)CC(C)c1ccc(OC)cc1)C1CCNCC1. The highest BCUT2D eigenvalue weighted by Crippen LogP contribution is 2.24. The summed E-state index contributed by atoms with van der Waals surface area (Å²) in [6.45, 7) is 7.19. The van der Waals surface area contributed by atoms with Crippen LogP contribution >= 0.6 is 0 Å². The van der Waals surface area contributed by atoms with Crippen LogP contribution in [0.15, 0.2) is 24.3 Å². The number of nitrogens with zero attached hydrogens (tertiary/aromatic N) is 1. The molecule has 0 radical (unpaired) electrons. The van der Waals surface area contributed by atoms with Crippen molar-refractivity contribution in [2.45, 2.75) is 51.5 Å². The summed E-state index contributed by atoms with van der Waals surface area (Å²) in [5.74, 6) is 1.38. The molecule has 128 valence electrons. The van der Waals surface area contributed by atoms with E-state index in [-0.39, 0.29) is 5.92 Å². The molecule has 1 N–H and O–H groups in total. The number of carbonyl (C=O) groups excluding carboxylic acids is 1. The Hall–Kier alpha value is -1.55. The number of nitrogens with one attached hydrogen (secondary N) is 1. The van der Waals surface area contributed by atoms with Crippen LogP contribution in [-0.4, -0.2) is 43.6 Å². The number of methoxy groups -OCH3 is 1. The number of hydrogen-bond donors (Lipinski definition) is 1. The topological polar surface area (TPSA) is 41.6 Å². The van der Waals surface area contributed by atoms with Gasteiger partial charge in [0.1, 0.15) is 5.75 Å². The Morgan fingerprint density at radius 2 is 1.96 bits per heavy atom. The van der Waals surface area contributed by atoms with Crippen molar-refractivity contribution in [1.82, 2.24) is 10.2 Å². The first-order valence-electron chi connectivity index (χ1n) is 8.79. The van der Waals surface area contributed by atoms with Gasteiger partial charge in [0.2, 0.25) is 5.91 Å². The van der Waals surface area contributed by atoms with Crippen LogP contribution in [0.25, 0.3) is 0 Å². The first-order chi connectivity index (χ1) is 11.2. The molecule has 4 nitrogen and oxygen atoms in total. The molecular weight excluding hydrogens is 288 g/mol. The monoisotopic (exact) mass is 318 g/mol. The van der Waals surface area contributed by atoms with Gasteiger partial charge in [-0.05, 0) is 56.0 Å². The number of piperidine rings is 1. The molecule has 1 atom stereocenters. The fourth-order valence-electron chi connectivity index (χ4n) is 3.30. The number of rotatable bonds is 7. The number of hydrogen-bond acceptors (Lipinski definition) is 3. The van der Waals surface area contributed by atoms with E-state index in [4.69, 9.17) is 4.74 Å². The van der Waals surface area contributed by atoms with Crippen molar-refractivity contribution >= 4 is 5.91 Å². The van der Waals surface area contributed by atoms with Gasteiger partial charge >= 0.3 is 0 Å². The largest absolute Gasteiger partial charge is 0.497 e. The zero-order valence-electron chi connectivity index (χ0n) is 14.7. The Balaban J connectivity index is 1.98. The molecule has 1 aliphatic heterocycles. The van der Waals surface area contributed by atoms with Crippen molar-refractivity contribution in [2.75, 3.05) is 26.7 Å². The molecule has 0 bridgehead atoms. The lowest BCUT2D eigenvalue weighted by atomic mass is 9.96. The van der Waals surface area contributed by atoms with E-state index in [0.717, 1.165) is 44.6 Å². The fourth-order valence-corrected chi connectivity index (χ4v) is 3.30. The number of benzene rings is 1. The maximum absolute atomic E-state index is 12.8. The molecular formula is C19H30N2O2. The smallest absolute Gasteiger partial charge is 0.223 e. The first-order valence-corrected chi connectivity index (χ1v) is 8.79. The van der Waals surface area contributed by atoms with Gasteiger partial charge in [0.05, 0.1) is 7.11 Å². The molecule has 1 fully saturated rings. The van der Waals surface area contributed by atoms with E-state index >= 15 is 0 Å². The highest BCUT2D eigenvalue weighted by Gasteiger charge is 2.25. The maximum Gasteiger partial charge on any atom is 0.223 e. The molecule has 4 heteroatoms. The molecule has 1 amide bonds. The van der Waals surface area contributed by atoms with Gasteiger partial charge in [0.15, 0.2) is 0 Å². The minimum Gasteiger partial charge on any atom is -0.497 e. The van der Waals surface area contributed by atoms with E-state index in [1.54, 1.807) is 7.11 Å². The second-order valence-electron chi connectivity index (χ2n) is 6.45. The lowest BCUT2D eigenvalue weighted by Gasteiger charge is -2.35. The quantitative estimate of drug-likeness (QED) is 0.839. The van der Waals surface area contributed by atoms with Gasteiger partial charge in [-0.2, -0.15) is 0 Å². The summed E-state index contributed by atoms with van der Waals surface area (Å²) in [5.41, 5.74) is 1.20. The average molecular weight is 318 g/mol. The Bertz CT molecular complexity index is 481. The van der Waals surface area contributed by atoms with E-state index in [1.807, 2.05) is 12.1 Å². The second-order valence-corrected chi connectivity index (χ2v) is 6.45. The summed E-state index contributed by atoms with van der Waals surface area (Å²) in [6, 6.07) is 8.46. The second kappa shape index (κ2) is 8.92. The van der Waals surface area contributed by atoms with Crippen molar-refractivity contribution in [2.24, 2.45) is 0 Å². The summed E-state index contributed by atoms with van der Waals surface area (Å²) in [7, 11) is 1.67. The van der Waals surface area contributed by atoms with Crippen LogP contribution in [0, 0.1) is 0 Å². The molecule has 1 unspecified atom stereocenters. The summed E-state index contributed by atoms with van der Waals surface area (Å²) in [6.07, 6.45) is 3.74. The first kappa shape index (κ1) is 17.8. The van der Waals surface area contributed by atoms with Crippen molar-refractivity contribution < 1.29 is 9.53 Å². The van der Waals surface area contributed by atoms with Crippen molar-refractivity contribution in [3.05, 3.63) is 29.8 Å². The third kappa shape index (κ3) is 4.96. The summed E-state index contributed by atoms with van der Waals surface area (Å²) < 4.78 is 5.20. The van der Waals surface area contributed by atoms with Gasteiger partial charge in [-0.25, -0.2) is 0 Å². The molecule has 0 aromatic heterocycles. The van der Waals surface area contributed by atoms with Crippen molar-refractivity contribution in [3.63, 3.8) is 0 Å². The number of carbonyl (C=O) groups is 1. The third-order valence-corrected chi connectivity index (χ3v) is 4.70. The number of ether oxygens (including phenoxy) is 1. The highest BCUT2D eigenvalue weighted by molar-refractivity contribution is 5.77. The Labute approximate surface area is 140 Å². The minimum absolute atomic E-state index is 0.231. The minimum atomic E-state index is 0.231. The lowest BCUT2D eigenvalue weighted by Crippen LogP contribution is -2.46. The zero-order valence-corrected chi connectivity index (χ0v) is 14.7. The molecule has 2 rings (SSSR count). The maximum atomic E-state index is 12.8. The van der Waals surface area contributed by atoms with E-state index in [0.29, 0.717) is 18.4 Å². The molecule has 23 heavy (non-hydrogen) atoms. The summed E-state index contributed by atoms with van der Waals surface area (Å²) in [5, 5.41) is 3.38. The van der Waals surface area contributed by atoms with Crippen LogP contribution < -0.4 is 10.1 Å². The fraction of sp³-hybridized carbons (Fsp3) is 0.632. The average Bonchev–Trinajstić information content (AvgIpc) is 2.60. The van der Waals surface area contributed by atoms with Crippen LogP contribution in [0.5, 0.6) is 5.75 Å². The molecule has 0 spiro atoms. The predicted molar refractivity (Wildman–Crippen MR) is 93.9 cm³/mol. The lowest BCUT2D eigenvalue weighted by molar-refractivity contribution is -0.134. The van der Waals surface area contributed by atoms with Gasteiger partial charge in [0, 0.05) is 19.0 Å². The number of amides is 1. The Kier molecular flexibility index (Phi) is 6.90. The molecule has 1 aromatic carbocycles. The van der Waals surface area contributed by atoms with Gasteiger partial charge in [-0.15, -0.1) is 0 Å². The van der Waals surface area contributed by atoms with Gasteiger partial charge in [-0.3, -0.25) is 4.79 Å². The van der Waals surface area contributed by atoms with Gasteiger partial charge in [-0.1, -0.05) is 26.0 Å². The van der Waals surface area contributed by atoms with Crippen molar-refractivity contribution in [1.29, 1.82) is 0 Å². The molecule has 1 aromatic rings. The molecule has 1 saturated heterocycles. The van der Waals surface area contributed by atoms with Crippen LogP contribution in [0.3, 0.4) is 0 Å². The highest BCUT2D eigenvalue weighted by atomic mass is 16.5. The van der Waals surface area contributed by atoms with Crippen LogP contribution in [0.2, 0.25) is 0 Å². The van der Waals surface area contributed by atoms with E-state index in [1.165, 1.54) is 5.56 Å². The molecule has 1 heterocycles. The normalized spacial score (nSPS) is 16.8. The predicted octanol–water partition coefficient (Wildman–Crippen LogP) is 3.18. The van der Waals surface area contributed by atoms with Crippen LogP contribution in [0.1, 0.15) is 51.0 Å². The van der Waals surface area contributed by atoms with Gasteiger partial charge < -0.3 is 15.0 Å². The van der Waals surface area contributed by atoms with E-state index in [9.17, 15) is 4.79 Å². The summed E-state index contributed by atoms with van der Waals surface area (Å²) in [4.78, 5) is 14.9. The van der Waals surface area contributed by atoms with E-state index in [2.05, 4.69) is 36.2 Å². The van der Waals surface area contributed by atoms with Crippen LogP contribution in [0.4, 0.5) is 0 Å². The third-order valence-electron chi connectivity index (χ3n) is 4.70. The summed E-state index contributed by atoms with van der Waals surface area (Å²) >= 11 is 0. The Morgan fingerprint density at radius 1 is 1.30 bits per heavy atom. The Morgan fingerprint density at radius 3 is 2.52 bits per heavy atom. The zero-order chi connectivity index (χ0) is 16.7. The van der Waals surface area contributed by atoms with Gasteiger partial charge in [0.25, 0.3) is 0 Å².